The van der Waals surface area contributed by atoms with Gasteiger partial charge in [0.15, 0.2) is 4.90 Å². The number of nitro groups is 1. The van der Waals surface area contributed by atoms with Crippen molar-refractivity contribution in [2.24, 2.45) is 0 Å². The van der Waals surface area contributed by atoms with Crippen molar-refractivity contribution in [2.75, 3.05) is 18.0 Å². The van der Waals surface area contributed by atoms with E-state index in [1.54, 1.807) is 4.90 Å². The maximum absolute atomic E-state index is 13.0. The van der Waals surface area contributed by atoms with E-state index in [0.717, 1.165) is 16.8 Å². The molecule has 1 saturated heterocycles. The first-order valence-corrected chi connectivity index (χ1v) is 11.0. The average molecular weight is 431 g/mol. The van der Waals surface area contributed by atoms with E-state index < -0.39 is 26.7 Å². The van der Waals surface area contributed by atoms with Gasteiger partial charge in [-0.2, -0.15) is 4.31 Å². The van der Waals surface area contributed by atoms with E-state index in [0.29, 0.717) is 12.8 Å². The predicted octanol–water partition coefficient (Wildman–Crippen LogP) is 3.21. The van der Waals surface area contributed by atoms with Crippen LogP contribution in [0.4, 0.5) is 16.2 Å². The minimum absolute atomic E-state index is 0.157. The van der Waals surface area contributed by atoms with Crippen molar-refractivity contribution in [3.63, 3.8) is 0 Å². The molecule has 2 heterocycles. The fraction of sp³-hybridized carbons (Fsp3) is 0.350. The summed E-state index contributed by atoms with van der Waals surface area (Å²) >= 11 is 0. The third-order valence-electron chi connectivity index (χ3n) is 5.51. The van der Waals surface area contributed by atoms with Gasteiger partial charge in [0.1, 0.15) is 6.61 Å². The molecule has 2 aliphatic heterocycles. The Kier molecular flexibility index (Phi) is 5.20. The van der Waals surface area contributed by atoms with Crippen LogP contribution >= 0.6 is 0 Å². The zero-order valence-corrected chi connectivity index (χ0v) is 17.2. The summed E-state index contributed by atoms with van der Waals surface area (Å²) in [6.45, 7) is 2.50. The fourth-order valence-electron chi connectivity index (χ4n) is 4.02. The Morgan fingerprint density at radius 1 is 1.13 bits per heavy atom. The van der Waals surface area contributed by atoms with E-state index in [1.165, 1.54) is 28.6 Å². The molecular formula is C20H21N3O6S. The lowest BCUT2D eigenvalue weighted by molar-refractivity contribution is -0.387. The van der Waals surface area contributed by atoms with E-state index in [2.05, 4.69) is 0 Å². The van der Waals surface area contributed by atoms with Crippen molar-refractivity contribution in [3.05, 3.63) is 63.7 Å². The maximum Gasteiger partial charge on any atom is 0.414 e. The molecule has 0 saturated carbocycles. The van der Waals surface area contributed by atoms with Crippen LogP contribution in [0.5, 0.6) is 0 Å². The number of rotatable bonds is 4. The number of anilines is 1. The van der Waals surface area contributed by atoms with Crippen LogP contribution in [0.3, 0.4) is 0 Å². The lowest BCUT2D eigenvalue weighted by Crippen LogP contribution is -2.50. The predicted molar refractivity (Wildman–Crippen MR) is 109 cm³/mol. The van der Waals surface area contributed by atoms with Crippen LogP contribution < -0.4 is 4.90 Å². The molecule has 2 aromatic rings. The van der Waals surface area contributed by atoms with Crippen molar-refractivity contribution >= 4 is 27.5 Å². The molecule has 0 atom stereocenters. The topological polar surface area (TPSA) is 110 Å². The minimum Gasteiger partial charge on any atom is -0.444 e. The largest absolute Gasteiger partial charge is 0.444 e. The van der Waals surface area contributed by atoms with Crippen LogP contribution in [0, 0.1) is 17.0 Å². The number of aryl methyl sites for hydroxylation is 1. The summed E-state index contributed by atoms with van der Waals surface area (Å²) < 4.78 is 32.6. The highest BCUT2D eigenvalue weighted by Gasteiger charge is 2.38. The van der Waals surface area contributed by atoms with Gasteiger partial charge < -0.3 is 4.74 Å². The van der Waals surface area contributed by atoms with Gasteiger partial charge in [0, 0.05) is 30.8 Å². The summed E-state index contributed by atoms with van der Waals surface area (Å²) in [5, 5.41) is 11.3. The van der Waals surface area contributed by atoms with Crippen molar-refractivity contribution in [1.82, 2.24) is 4.31 Å². The third kappa shape index (κ3) is 3.52. The van der Waals surface area contributed by atoms with Crippen molar-refractivity contribution in [3.8, 4) is 0 Å². The van der Waals surface area contributed by atoms with Gasteiger partial charge in [-0.1, -0.05) is 29.8 Å². The summed E-state index contributed by atoms with van der Waals surface area (Å²) in [6.07, 6.45) is 0.372. The highest BCUT2D eigenvalue weighted by molar-refractivity contribution is 7.89. The van der Waals surface area contributed by atoms with Gasteiger partial charge >= 0.3 is 6.09 Å². The summed E-state index contributed by atoms with van der Waals surface area (Å²) in [5.41, 5.74) is 2.34. The van der Waals surface area contributed by atoms with E-state index in [-0.39, 0.29) is 30.6 Å². The SMILES string of the molecule is Cc1ccc2c(c1)COC(=O)N2C1CCN(S(=O)(=O)c2ccccc2[N+](=O)[O-])CC1. The molecule has 0 radical (unpaired) electrons. The van der Waals surface area contributed by atoms with E-state index in [1.807, 2.05) is 25.1 Å². The summed E-state index contributed by atoms with van der Waals surface area (Å²) in [6, 6.07) is 10.9. The number of para-hydroxylation sites is 1. The molecule has 0 bridgehead atoms. The first-order chi connectivity index (χ1) is 14.3. The van der Waals surface area contributed by atoms with Crippen molar-refractivity contribution < 1.29 is 22.9 Å². The van der Waals surface area contributed by atoms with Gasteiger partial charge in [-0.25, -0.2) is 13.2 Å². The molecular weight excluding hydrogens is 410 g/mol. The van der Waals surface area contributed by atoms with E-state index in [9.17, 15) is 23.3 Å². The third-order valence-corrected chi connectivity index (χ3v) is 7.46. The summed E-state index contributed by atoms with van der Waals surface area (Å²) in [4.78, 5) is 24.3. The number of ether oxygens (including phenoxy) is 1. The Balaban J connectivity index is 1.55. The number of nitrogens with zero attached hydrogens (tertiary/aromatic N) is 3. The number of cyclic esters (lactones) is 1. The zero-order valence-electron chi connectivity index (χ0n) is 16.4. The highest BCUT2D eigenvalue weighted by atomic mass is 32.2. The van der Waals surface area contributed by atoms with E-state index in [4.69, 9.17) is 4.74 Å². The van der Waals surface area contributed by atoms with Gasteiger partial charge in [-0.15, -0.1) is 0 Å². The van der Waals surface area contributed by atoms with Crippen LogP contribution in [0.15, 0.2) is 47.4 Å². The van der Waals surface area contributed by atoms with Gasteiger partial charge in [0.2, 0.25) is 10.0 Å². The second-order valence-electron chi connectivity index (χ2n) is 7.42. The molecule has 4 rings (SSSR count). The van der Waals surface area contributed by atoms with Crippen LogP contribution in [0.2, 0.25) is 0 Å². The van der Waals surface area contributed by atoms with Crippen LogP contribution in [0.1, 0.15) is 24.0 Å². The smallest absolute Gasteiger partial charge is 0.414 e. The van der Waals surface area contributed by atoms with Crippen LogP contribution in [-0.2, 0) is 21.4 Å². The molecule has 30 heavy (non-hydrogen) atoms. The molecule has 0 N–H and O–H groups in total. The van der Waals surface area contributed by atoms with Crippen LogP contribution in [0.25, 0.3) is 0 Å². The molecule has 1 fully saturated rings. The number of hydrogen-bond donors (Lipinski definition) is 0. The molecule has 0 aromatic heterocycles. The zero-order chi connectivity index (χ0) is 21.5. The Labute approximate surface area is 174 Å². The normalized spacial score (nSPS) is 18.0. The van der Waals surface area contributed by atoms with Gasteiger partial charge in [0.25, 0.3) is 5.69 Å². The summed E-state index contributed by atoms with van der Waals surface area (Å²) in [5.74, 6) is 0. The molecule has 158 valence electrons. The number of benzene rings is 2. The molecule has 0 spiro atoms. The van der Waals surface area contributed by atoms with Crippen LogP contribution in [-0.4, -0.2) is 42.9 Å². The molecule has 0 aliphatic carbocycles. The number of fused-ring (bicyclic) bond motifs is 1. The molecule has 9 nitrogen and oxygen atoms in total. The Morgan fingerprint density at radius 3 is 2.53 bits per heavy atom. The molecule has 2 aromatic carbocycles. The van der Waals surface area contributed by atoms with Gasteiger partial charge in [-0.05, 0) is 31.9 Å². The second kappa shape index (κ2) is 7.69. The molecule has 1 amide bonds. The average Bonchev–Trinajstić information content (AvgIpc) is 2.74. The van der Waals surface area contributed by atoms with Gasteiger partial charge in [-0.3, -0.25) is 15.0 Å². The first-order valence-electron chi connectivity index (χ1n) is 9.58. The number of piperidine rings is 1. The quantitative estimate of drug-likeness (QED) is 0.543. The number of carbonyl (C=O) groups is 1. The van der Waals surface area contributed by atoms with Crippen molar-refractivity contribution in [1.29, 1.82) is 0 Å². The molecule has 0 unspecified atom stereocenters. The first kappa shape index (κ1) is 20.3. The minimum atomic E-state index is -4.01. The standard InChI is InChI=1S/C20H21N3O6S/c1-14-6-7-17-15(12-14)13-29-20(24)22(17)16-8-10-21(11-9-16)30(27,28)19-5-3-2-4-18(19)23(25)26/h2-7,12,16H,8-11,13H2,1H3. The lowest BCUT2D eigenvalue weighted by Gasteiger charge is -2.39. The summed E-state index contributed by atoms with van der Waals surface area (Å²) in [7, 11) is -4.01. The number of amides is 1. The number of hydrogen-bond acceptors (Lipinski definition) is 6. The number of sulfonamides is 1. The number of carbonyl (C=O) groups excluding carboxylic acids is 1. The monoisotopic (exact) mass is 431 g/mol. The maximum atomic E-state index is 13.0. The Hall–Kier alpha value is -2.98. The fourth-order valence-corrected chi connectivity index (χ4v) is 5.65. The number of nitro benzene ring substituents is 1. The highest BCUT2D eigenvalue weighted by Crippen LogP contribution is 2.34. The Bertz CT molecular complexity index is 1110. The molecule has 2 aliphatic rings. The van der Waals surface area contributed by atoms with Gasteiger partial charge in [0.05, 0.1) is 10.6 Å². The molecule has 10 heteroatoms. The van der Waals surface area contributed by atoms with E-state index >= 15 is 0 Å². The van der Waals surface area contributed by atoms with Crippen molar-refractivity contribution in [2.45, 2.75) is 37.3 Å². The Morgan fingerprint density at radius 2 is 1.83 bits per heavy atom. The lowest BCUT2D eigenvalue weighted by atomic mass is 10.0. The second-order valence-corrected chi connectivity index (χ2v) is 9.32.